The van der Waals surface area contributed by atoms with Gasteiger partial charge in [-0.1, -0.05) is 90.3 Å². The quantitative estimate of drug-likeness (QED) is 0.170. The summed E-state index contributed by atoms with van der Waals surface area (Å²) in [6, 6.07) is 33.5. The fourth-order valence-electron chi connectivity index (χ4n) is 4.90. The molecule has 0 bridgehead atoms. The van der Waals surface area contributed by atoms with Crippen molar-refractivity contribution in [2.75, 3.05) is 0 Å². The maximum atomic E-state index is 5.66. The average Bonchev–Trinajstić information content (AvgIpc) is 3.50. The Bertz CT molecular complexity index is 2000. The van der Waals surface area contributed by atoms with E-state index in [1.165, 1.54) is 27.8 Å². The number of benzene rings is 3. The van der Waals surface area contributed by atoms with Crippen LogP contribution in [0, 0.1) is 46.8 Å². The van der Waals surface area contributed by atoms with Gasteiger partial charge in [0.1, 0.15) is 0 Å². The van der Waals surface area contributed by atoms with Crippen LogP contribution < -0.4 is 0 Å². The fourth-order valence-corrected chi connectivity index (χ4v) is 4.90. The molecule has 0 N–H and O–H groups in total. The Balaban J connectivity index is 0.000000188. The fraction of sp³-hybridized carbons (Fsp3) is 0.132. The Hall–Kier alpha value is -4.44. The first-order valence-corrected chi connectivity index (χ1v) is 14.0. The van der Waals surface area contributed by atoms with E-state index in [0.29, 0.717) is 0 Å². The van der Waals surface area contributed by atoms with E-state index in [1.807, 2.05) is 61.8 Å². The molecule has 0 aliphatic rings. The first-order valence-electron chi connectivity index (χ1n) is 14.0. The summed E-state index contributed by atoms with van der Waals surface area (Å²) in [7, 11) is 0. The van der Waals surface area contributed by atoms with Crippen LogP contribution in [-0.4, -0.2) is 15.0 Å². The van der Waals surface area contributed by atoms with Crippen molar-refractivity contribution in [1.29, 1.82) is 0 Å². The van der Waals surface area contributed by atoms with Gasteiger partial charge in [-0.2, -0.15) is 0 Å². The molecule has 0 spiro atoms. The van der Waals surface area contributed by atoms with Gasteiger partial charge in [-0.15, -0.1) is 41.0 Å². The van der Waals surface area contributed by atoms with Gasteiger partial charge in [0, 0.05) is 55.7 Å². The van der Waals surface area contributed by atoms with Crippen molar-refractivity contribution in [3.05, 3.63) is 138 Å². The zero-order chi connectivity index (χ0) is 29.2. The van der Waals surface area contributed by atoms with Gasteiger partial charge in [0.2, 0.25) is 0 Å². The number of rotatable bonds is 3. The van der Waals surface area contributed by atoms with Gasteiger partial charge >= 0.3 is 0 Å². The normalized spacial score (nSPS) is 10.7. The van der Waals surface area contributed by atoms with Gasteiger partial charge in [0.05, 0.1) is 5.58 Å². The largest absolute Gasteiger partial charge is 0.506 e. The van der Waals surface area contributed by atoms with Gasteiger partial charge < -0.3 is 9.40 Å². The molecule has 4 heterocycles. The van der Waals surface area contributed by atoms with Crippen LogP contribution in [0.4, 0.5) is 0 Å². The summed E-state index contributed by atoms with van der Waals surface area (Å²) in [6.07, 6.45) is 5.45. The minimum atomic E-state index is 0. The van der Waals surface area contributed by atoms with Gasteiger partial charge in [-0.05, 0) is 55.3 Å². The predicted molar refractivity (Wildman–Crippen MR) is 171 cm³/mol. The molecule has 4 nitrogen and oxygen atoms in total. The van der Waals surface area contributed by atoms with Crippen LogP contribution in [0.1, 0.15) is 27.9 Å². The molecule has 0 aliphatic heterocycles. The summed E-state index contributed by atoms with van der Waals surface area (Å²) >= 11 is 0. The van der Waals surface area contributed by atoms with Crippen LogP contribution in [0.3, 0.4) is 0 Å². The minimum Gasteiger partial charge on any atom is -0.506 e. The van der Waals surface area contributed by atoms with Gasteiger partial charge in [0.25, 0.3) is 0 Å². The monoisotopic (exact) mass is 738 g/mol. The third-order valence-electron chi connectivity index (χ3n) is 7.64. The second-order valence-electron chi connectivity index (χ2n) is 10.7. The molecular formula is C38H31IrN3O-2. The summed E-state index contributed by atoms with van der Waals surface area (Å²) in [6.45, 7) is 10.4. The second-order valence-corrected chi connectivity index (χ2v) is 10.7. The number of fused-ring (bicyclic) bond motifs is 3. The van der Waals surface area contributed by atoms with E-state index in [4.69, 9.17) is 9.40 Å². The zero-order valence-electron chi connectivity index (χ0n) is 24.8. The summed E-state index contributed by atoms with van der Waals surface area (Å²) in [4.78, 5) is 13.8. The van der Waals surface area contributed by atoms with Crippen LogP contribution in [-0.2, 0) is 20.1 Å². The average molecular weight is 738 g/mol. The van der Waals surface area contributed by atoms with Crippen molar-refractivity contribution in [1.82, 2.24) is 15.0 Å². The van der Waals surface area contributed by atoms with Crippen LogP contribution in [0.25, 0.3) is 55.5 Å². The number of furan rings is 1. The van der Waals surface area contributed by atoms with E-state index in [1.54, 1.807) is 6.26 Å². The van der Waals surface area contributed by atoms with E-state index in [-0.39, 0.29) is 20.1 Å². The van der Waals surface area contributed by atoms with Crippen molar-refractivity contribution >= 4 is 21.9 Å². The minimum absolute atomic E-state index is 0. The standard InChI is InChI=1S/C23H15N2O.C15H16N.Ir/c1-15-7-8-19-20(13-18-10-12-26-23(18)22(19)25-15)21-14-17(9-11-24-21)16-5-3-2-4-6-16;1-10-5-6-14(7-11(10)2)15-8-12(3)13(4)9-16-15;/h2-12,14H,1H3;5,7-9H,1-4H3;/q2*-1;. The molecule has 0 unspecified atom stereocenters. The summed E-state index contributed by atoms with van der Waals surface area (Å²) in [5.74, 6) is 0. The summed E-state index contributed by atoms with van der Waals surface area (Å²) < 4.78 is 5.66. The topological polar surface area (TPSA) is 51.8 Å². The molecule has 0 saturated heterocycles. The van der Waals surface area contributed by atoms with Gasteiger partial charge in [-0.3, -0.25) is 9.97 Å². The molecule has 43 heavy (non-hydrogen) atoms. The van der Waals surface area contributed by atoms with E-state index in [0.717, 1.165) is 55.6 Å². The van der Waals surface area contributed by atoms with Crippen molar-refractivity contribution in [3.8, 4) is 33.6 Å². The third-order valence-corrected chi connectivity index (χ3v) is 7.64. The summed E-state index contributed by atoms with van der Waals surface area (Å²) in [5.41, 5.74) is 13.8. The number of aryl methyl sites for hydroxylation is 5. The first kappa shape index (κ1) is 30.0. The molecule has 0 saturated carbocycles. The van der Waals surface area contributed by atoms with Crippen molar-refractivity contribution in [3.63, 3.8) is 0 Å². The third kappa shape index (κ3) is 6.34. The molecule has 1 radical (unpaired) electrons. The Morgan fingerprint density at radius 2 is 1.49 bits per heavy atom. The van der Waals surface area contributed by atoms with Crippen molar-refractivity contribution in [2.45, 2.75) is 34.6 Å². The van der Waals surface area contributed by atoms with Gasteiger partial charge in [0.15, 0.2) is 0 Å². The van der Waals surface area contributed by atoms with Crippen LogP contribution in [0.15, 0.2) is 102 Å². The van der Waals surface area contributed by atoms with Crippen molar-refractivity contribution < 1.29 is 24.5 Å². The Kier molecular flexibility index (Phi) is 8.96. The summed E-state index contributed by atoms with van der Waals surface area (Å²) in [5, 5.41) is 1.91. The molecule has 0 fully saturated rings. The van der Waals surface area contributed by atoms with Crippen molar-refractivity contribution in [2.24, 2.45) is 0 Å². The van der Waals surface area contributed by atoms with E-state index in [9.17, 15) is 0 Å². The SMILES string of the molecule is Cc1c[c-]c(-c2cc(C)c(C)cn2)cc1C.Cc1ccc2c(-c3cc(-c4ccccc4)ccn3)[c-]c3ccoc3c2n1.[Ir]. The predicted octanol–water partition coefficient (Wildman–Crippen LogP) is 9.60. The molecule has 3 aromatic carbocycles. The Morgan fingerprint density at radius 1 is 0.698 bits per heavy atom. The molecule has 0 aliphatic carbocycles. The number of pyridine rings is 3. The molecule has 7 aromatic rings. The molecule has 0 atom stereocenters. The van der Waals surface area contributed by atoms with Crippen LogP contribution in [0.2, 0.25) is 0 Å². The molecule has 0 amide bonds. The van der Waals surface area contributed by atoms with E-state index < -0.39 is 0 Å². The number of hydrogen-bond acceptors (Lipinski definition) is 4. The number of aromatic nitrogens is 3. The number of nitrogens with zero attached hydrogens (tertiary/aromatic N) is 3. The second kappa shape index (κ2) is 12.8. The smallest absolute Gasteiger partial charge is 0.0847 e. The van der Waals surface area contributed by atoms with E-state index >= 15 is 0 Å². The first-order chi connectivity index (χ1) is 20.4. The van der Waals surface area contributed by atoms with Crippen LogP contribution in [0.5, 0.6) is 0 Å². The van der Waals surface area contributed by atoms with E-state index in [2.05, 4.69) is 86.2 Å². The maximum absolute atomic E-state index is 5.66. The maximum Gasteiger partial charge on any atom is 0.0847 e. The molecule has 5 heteroatoms. The number of hydrogen-bond donors (Lipinski definition) is 0. The zero-order valence-corrected chi connectivity index (χ0v) is 27.2. The molecule has 7 rings (SSSR count). The Labute approximate surface area is 266 Å². The molecule has 215 valence electrons. The molecule has 4 aromatic heterocycles. The Morgan fingerprint density at radius 3 is 2.26 bits per heavy atom. The van der Waals surface area contributed by atoms with Gasteiger partial charge in [-0.25, -0.2) is 0 Å². The molecular weight excluding hydrogens is 707 g/mol. The van der Waals surface area contributed by atoms with Crippen LogP contribution >= 0.6 is 0 Å².